The van der Waals surface area contributed by atoms with Gasteiger partial charge in [-0.2, -0.15) is 0 Å². The van der Waals surface area contributed by atoms with E-state index in [1.807, 2.05) is 66.7 Å². The maximum atomic E-state index is 13.2. The van der Waals surface area contributed by atoms with Crippen molar-refractivity contribution < 1.29 is 23.6 Å². The predicted molar refractivity (Wildman–Crippen MR) is 149 cm³/mol. The van der Waals surface area contributed by atoms with Crippen LogP contribution in [0.5, 0.6) is 5.75 Å². The molecule has 0 aliphatic carbocycles. The van der Waals surface area contributed by atoms with Crippen molar-refractivity contribution in [2.75, 3.05) is 5.32 Å². The smallest absolute Gasteiger partial charge is 0.337 e. The van der Waals surface area contributed by atoms with Gasteiger partial charge in [0.2, 0.25) is 5.91 Å². The van der Waals surface area contributed by atoms with Gasteiger partial charge in [-0.15, -0.1) is 0 Å². The molecule has 1 amide bonds. The number of hydrogen-bond acceptors (Lipinski definition) is 5. The molecule has 0 bridgehead atoms. The minimum atomic E-state index is -1.51. The maximum Gasteiger partial charge on any atom is 0.337 e. The van der Waals surface area contributed by atoms with Crippen LogP contribution < -0.4 is 10.1 Å². The van der Waals surface area contributed by atoms with Gasteiger partial charge in [-0.1, -0.05) is 60.7 Å². The van der Waals surface area contributed by atoms with Crippen molar-refractivity contribution in [3.05, 3.63) is 126 Å². The van der Waals surface area contributed by atoms with Crippen molar-refractivity contribution in [1.29, 1.82) is 0 Å². The lowest BCUT2D eigenvalue weighted by atomic mass is 10.1. The first-order chi connectivity index (χ1) is 19.0. The van der Waals surface area contributed by atoms with Gasteiger partial charge in [-0.3, -0.25) is 4.79 Å². The number of carboxylic acid groups (broad SMARTS) is 1. The zero-order chi connectivity index (χ0) is 27.2. The summed E-state index contributed by atoms with van der Waals surface area (Å²) in [5.74, 6) is -0.737. The molecule has 8 heteroatoms. The lowest BCUT2D eigenvalue weighted by Gasteiger charge is -2.09. The molecule has 7 nitrogen and oxygen atoms in total. The standard InChI is InChI=1S/C31H24N2O5S/c34-29(33-28-9-5-4-8-27(28)31(35)36)16-22-10-15-30(32-19-22)39(37)26-14-12-23-17-25(13-11-24(23)18-26)38-20-21-6-2-1-3-7-21/h1-15,17-19H,16,20H2,(H,33,34)(H,35,36). The average molecular weight is 537 g/mol. The van der Waals surface area contributed by atoms with Crippen LogP contribution in [0.15, 0.2) is 119 Å². The van der Waals surface area contributed by atoms with Crippen LogP contribution in [0.4, 0.5) is 5.69 Å². The monoisotopic (exact) mass is 536 g/mol. The van der Waals surface area contributed by atoms with E-state index in [2.05, 4.69) is 10.3 Å². The number of anilines is 1. The van der Waals surface area contributed by atoms with Gasteiger partial charge in [0.25, 0.3) is 0 Å². The van der Waals surface area contributed by atoms with Crippen molar-refractivity contribution in [2.45, 2.75) is 22.9 Å². The highest BCUT2D eigenvalue weighted by Crippen LogP contribution is 2.25. The molecule has 5 aromatic rings. The first-order valence-corrected chi connectivity index (χ1v) is 13.3. The van der Waals surface area contributed by atoms with Gasteiger partial charge in [0.05, 0.1) is 17.7 Å². The summed E-state index contributed by atoms with van der Waals surface area (Å²) in [6, 6.07) is 30.9. The Morgan fingerprint density at radius 1 is 0.821 bits per heavy atom. The topological polar surface area (TPSA) is 106 Å². The number of aromatic nitrogens is 1. The van der Waals surface area contributed by atoms with E-state index in [9.17, 15) is 18.9 Å². The van der Waals surface area contributed by atoms with Crippen molar-refractivity contribution in [3.8, 4) is 5.75 Å². The number of hydrogen-bond donors (Lipinski definition) is 2. The summed E-state index contributed by atoms with van der Waals surface area (Å²) in [5.41, 5.74) is 1.95. The molecule has 1 unspecified atom stereocenters. The number of nitrogens with zero attached hydrogens (tertiary/aromatic N) is 1. The number of ether oxygens (including phenoxy) is 1. The third-order valence-electron chi connectivity index (χ3n) is 6.03. The number of pyridine rings is 1. The lowest BCUT2D eigenvalue weighted by Crippen LogP contribution is -2.17. The molecule has 194 valence electrons. The van der Waals surface area contributed by atoms with Gasteiger partial charge >= 0.3 is 5.97 Å². The summed E-state index contributed by atoms with van der Waals surface area (Å²) >= 11 is 0. The summed E-state index contributed by atoms with van der Waals surface area (Å²) in [6.45, 7) is 0.480. The number of amides is 1. The third-order valence-corrected chi connectivity index (χ3v) is 7.33. The quantitative estimate of drug-likeness (QED) is 0.244. The lowest BCUT2D eigenvalue weighted by molar-refractivity contribution is -0.115. The van der Waals surface area contributed by atoms with E-state index in [1.54, 1.807) is 24.3 Å². The van der Waals surface area contributed by atoms with E-state index in [4.69, 9.17) is 4.74 Å². The summed E-state index contributed by atoms with van der Waals surface area (Å²) < 4.78 is 19.1. The second kappa shape index (κ2) is 11.7. The van der Waals surface area contributed by atoms with Crippen molar-refractivity contribution in [2.24, 2.45) is 0 Å². The second-order valence-electron chi connectivity index (χ2n) is 8.79. The van der Waals surface area contributed by atoms with Crippen LogP contribution in [0.25, 0.3) is 10.8 Å². The largest absolute Gasteiger partial charge is 0.489 e. The van der Waals surface area contributed by atoms with Gasteiger partial charge in [0.1, 0.15) is 28.2 Å². The number of fused-ring (bicyclic) bond motifs is 1. The van der Waals surface area contributed by atoms with Gasteiger partial charge in [0.15, 0.2) is 0 Å². The Kier molecular flexibility index (Phi) is 7.75. The molecular weight excluding hydrogens is 512 g/mol. The Hall–Kier alpha value is -4.82. The number of carbonyl (C=O) groups excluding carboxylic acids is 1. The van der Waals surface area contributed by atoms with Gasteiger partial charge in [-0.05, 0) is 64.4 Å². The van der Waals surface area contributed by atoms with Gasteiger partial charge < -0.3 is 15.2 Å². The fourth-order valence-electron chi connectivity index (χ4n) is 4.05. The third kappa shape index (κ3) is 6.37. The number of nitrogens with one attached hydrogen (secondary N) is 1. The molecule has 0 saturated carbocycles. The number of para-hydroxylation sites is 1. The average Bonchev–Trinajstić information content (AvgIpc) is 2.96. The molecule has 0 aliphatic heterocycles. The van der Waals surface area contributed by atoms with Crippen LogP contribution in [-0.2, 0) is 28.6 Å². The molecule has 4 aromatic carbocycles. The maximum absolute atomic E-state index is 13.2. The van der Waals surface area contributed by atoms with Crippen LogP contribution in [-0.4, -0.2) is 26.2 Å². The van der Waals surface area contributed by atoms with Crippen LogP contribution in [0.3, 0.4) is 0 Å². The number of benzene rings is 4. The number of carbonyl (C=O) groups is 2. The van der Waals surface area contributed by atoms with E-state index in [0.717, 1.165) is 22.1 Å². The highest BCUT2D eigenvalue weighted by atomic mass is 32.2. The molecule has 0 saturated heterocycles. The molecular formula is C31H24N2O5S. The zero-order valence-corrected chi connectivity index (χ0v) is 21.6. The first kappa shape index (κ1) is 25.8. The van der Waals surface area contributed by atoms with E-state index >= 15 is 0 Å². The van der Waals surface area contributed by atoms with Crippen molar-refractivity contribution >= 4 is 39.1 Å². The normalized spacial score (nSPS) is 11.6. The summed E-state index contributed by atoms with van der Waals surface area (Å²) in [5, 5.41) is 14.2. The van der Waals surface area contributed by atoms with E-state index in [0.29, 0.717) is 22.1 Å². The van der Waals surface area contributed by atoms with Gasteiger partial charge in [-0.25, -0.2) is 14.0 Å². The zero-order valence-electron chi connectivity index (χ0n) is 20.7. The predicted octanol–water partition coefficient (Wildman–Crippen LogP) is 5.86. The SMILES string of the molecule is O=C(Cc1ccc(S(=O)c2ccc3cc(OCc4ccccc4)ccc3c2)nc1)Nc1ccccc1C(=O)O. The van der Waals surface area contributed by atoms with Crippen LogP contribution in [0.2, 0.25) is 0 Å². The molecule has 5 rings (SSSR count). The molecule has 1 aromatic heterocycles. The molecule has 0 spiro atoms. The van der Waals surface area contributed by atoms with E-state index in [1.165, 1.54) is 18.3 Å². The summed E-state index contributed by atoms with van der Waals surface area (Å²) in [6.07, 6.45) is 1.51. The molecule has 0 fully saturated rings. The van der Waals surface area contributed by atoms with Crippen molar-refractivity contribution in [3.63, 3.8) is 0 Å². The Morgan fingerprint density at radius 2 is 1.56 bits per heavy atom. The molecule has 0 aliphatic rings. The first-order valence-electron chi connectivity index (χ1n) is 12.2. The van der Waals surface area contributed by atoms with Crippen molar-refractivity contribution in [1.82, 2.24) is 4.98 Å². The minimum absolute atomic E-state index is 0.00147. The van der Waals surface area contributed by atoms with Crippen LogP contribution in [0, 0.1) is 0 Å². The Labute approximate surface area is 227 Å². The van der Waals surface area contributed by atoms with Crippen LogP contribution in [0.1, 0.15) is 21.5 Å². The molecule has 0 radical (unpaired) electrons. The Bertz CT molecular complexity index is 1670. The summed E-state index contributed by atoms with van der Waals surface area (Å²) in [7, 11) is -1.51. The second-order valence-corrected chi connectivity index (χ2v) is 10.2. The Balaban J connectivity index is 1.23. The highest BCUT2D eigenvalue weighted by Gasteiger charge is 2.14. The number of rotatable bonds is 9. The minimum Gasteiger partial charge on any atom is -0.489 e. The van der Waals surface area contributed by atoms with Gasteiger partial charge in [0, 0.05) is 11.1 Å². The number of carboxylic acids is 1. The Morgan fingerprint density at radius 3 is 2.33 bits per heavy atom. The fourth-order valence-corrected chi connectivity index (χ4v) is 5.06. The molecule has 39 heavy (non-hydrogen) atoms. The van der Waals surface area contributed by atoms with E-state index in [-0.39, 0.29) is 23.6 Å². The molecule has 1 heterocycles. The van der Waals surface area contributed by atoms with E-state index < -0.39 is 16.8 Å². The molecule has 2 N–H and O–H groups in total. The fraction of sp³-hybridized carbons (Fsp3) is 0.0645. The number of aromatic carboxylic acids is 1. The molecule has 1 atom stereocenters. The van der Waals surface area contributed by atoms with Crippen LogP contribution >= 0.6 is 0 Å². The summed E-state index contributed by atoms with van der Waals surface area (Å²) in [4.78, 5) is 28.7. The highest BCUT2D eigenvalue weighted by molar-refractivity contribution is 7.85.